The number of ether oxygens (including phenoxy) is 2. The van der Waals surface area contributed by atoms with Gasteiger partial charge in [-0.25, -0.2) is 8.78 Å². The molecule has 0 bridgehead atoms. The smallest absolute Gasteiger partial charge is 0.240 e. The van der Waals surface area contributed by atoms with Crippen LogP contribution in [0.25, 0.3) is 0 Å². The third kappa shape index (κ3) is 3.30. The Balaban J connectivity index is 1.39. The van der Waals surface area contributed by atoms with E-state index in [0.717, 1.165) is 17.7 Å². The highest BCUT2D eigenvalue weighted by Gasteiger charge is 2.56. The van der Waals surface area contributed by atoms with Gasteiger partial charge in [0.2, 0.25) is 18.6 Å². The van der Waals surface area contributed by atoms with E-state index in [2.05, 4.69) is 10.6 Å². The summed E-state index contributed by atoms with van der Waals surface area (Å²) in [5.41, 5.74) is -0.582. The lowest BCUT2D eigenvalue weighted by Gasteiger charge is -2.16. The van der Waals surface area contributed by atoms with Crippen molar-refractivity contribution in [2.24, 2.45) is 5.41 Å². The molecule has 2 aromatic carbocycles. The normalized spacial score (nSPS) is 15.9. The number of carbonyl (C=O) groups is 2. The highest BCUT2D eigenvalue weighted by Crippen LogP contribution is 2.47. The van der Waals surface area contributed by atoms with Crippen LogP contribution in [0.5, 0.6) is 11.5 Å². The van der Waals surface area contributed by atoms with Crippen molar-refractivity contribution in [1.29, 1.82) is 0 Å². The molecule has 6 nitrogen and oxygen atoms in total. The lowest BCUT2D eigenvalue weighted by molar-refractivity contribution is -0.134. The first-order valence-corrected chi connectivity index (χ1v) is 8.41. The van der Waals surface area contributed by atoms with Crippen molar-refractivity contribution in [2.45, 2.75) is 19.4 Å². The first-order chi connectivity index (χ1) is 13.0. The molecule has 1 aliphatic heterocycles. The minimum absolute atomic E-state index is 0.156. The van der Waals surface area contributed by atoms with Crippen LogP contribution in [-0.4, -0.2) is 18.6 Å². The van der Waals surface area contributed by atoms with E-state index in [4.69, 9.17) is 9.47 Å². The van der Waals surface area contributed by atoms with Crippen molar-refractivity contribution < 1.29 is 27.8 Å². The highest BCUT2D eigenvalue weighted by atomic mass is 19.1. The van der Waals surface area contributed by atoms with Gasteiger partial charge in [0, 0.05) is 12.6 Å². The van der Waals surface area contributed by atoms with Gasteiger partial charge in [-0.15, -0.1) is 0 Å². The van der Waals surface area contributed by atoms with Crippen molar-refractivity contribution in [3.63, 3.8) is 0 Å². The van der Waals surface area contributed by atoms with Crippen LogP contribution in [-0.2, 0) is 16.1 Å². The fourth-order valence-electron chi connectivity index (χ4n) is 2.92. The largest absolute Gasteiger partial charge is 0.454 e. The molecule has 0 aromatic heterocycles. The molecule has 27 heavy (non-hydrogen) atoms. The molecule has 0 unspecified atom stereocenters. The third-order valence-corrected chi connectivity index (χ3v) is 4.69. The molecule has 0 saturated heterocycles. The zero-order valence-electron chi connectivity index (χ0n) is 14.2. The maximum atomic E-state index is 13.7. The molecule has 2 N–H and O–H groups in total. The summed E-state index contributed by atoms with van der Waals surface area (Å²) >= 11 is 0. The van der Waals surface area contributed by atoms with E-state index in [0.29, 0.717) is 30.4 Å². The van der Waals surface area contributed by atoms with Gasteiger partial charge in [0.25, 0.3) is 0 Å². The molecule has 1 heterocycles. The van der Waals surface area contributed by atoms with Gasteiger partial charge in [0.05, 0.1) is 5.69 Å². The average molecular weight is 374 g/mol. The summed E-state index contributed by atoms with van der Waals surface area (Å²) in [6.45, 7) is 0.379. The van der Waals surface area contributed by atoms with Crippen LogP contribution >= 0.6 is 0 Å². The number of hydrogen-bond donors (Lipinski definition) is 2. The molecule has 1 fully saturated rings. The van der Waals surface area contributed by atoms with Gasteiger partial charge in [-0.1, -0.05) is 6.07 Å². The summed E-state index contributed by atoms with van der Waals surface area (Å²) < 4.78 is 37.2. The van der Waals surface area contributed by atoms with Gasteiger partial charge >= 0.3 is 0 Å². The Hall–Kier alpha value is -3.16. The fourth-order valence-corrected chi connectivity index (χ4v) is 2.92. The van der Waals surface area contributed by atoms with E-state index in [1.54, 1.807) is 18.2 Å². The predicted octanol–water partition coefficient (Wildman–Crippen LogP) is 2.73. The number of rotatable bonds is 5. The summed E-state index contributed by atoms with van der Waals surface area (Å²) in [5.74, 6) is -1.42. The lowest BCUT2D eigenvalue weighted by atomic mass is 10.0. The second-order valence-electron chi connectivity index (χ2n) is 6.53. The maximum Gasteiger partial charge on any atom is 0.240 e. The summed E-state index contributed by atoms with van der Waals surface area (Å²) in [6, 6.07) is 8.15. The van der Waals surface area contributed by atoms with Crippen molar-refractivity contribution in [3.05, 3.63) is 53.6 Å². The van der Waals surface area contributed by atoms with Crippen LogP contribution in [0.15, 0.2) is 36.4 Å². The van der Waals surface area contributed by atoms with Gasteiger partial charge in [-0.2, -0.15) is 0 Å². The van der Waals surface area contributed by atoms with Crippen molar-refractivity contribution >= 4 is 17.5 Å². The van der Waals surface area contributed by atoms with Crippen LogP contribution in [0.3, 0.4) is 0 Å². The number of amides is 2. The number of fused-ring (bicyclic) bond motifs is 1. The second kappa shape index (κ2) is 6.53. The first-order valence-electron chi connectivity index (χ1n) is 8.41. The van der Waals surface area contributed by atoms with Crippen LogP contribution in [0, 0.1) is 17.0 Å². The molecule has 2 amide bonds. The van der Waals surface area contributed by atoms with Gasteiger partial charge in [0.1, 0.15) is 17.0 Å². The topological polar surface area (TPSA) is 76.7 Å². The summed E-state index contributed by atoms with van der Waals surface area (Å²) in [6.07, 6.45) is 0.739. The number of hydrogen-bond acceptors (Lipinski definition) is 4. The van der Waals surface area contributed by atoms with E-state index in [1.165, 1.54) is 0 Å². The molecule has 8 heteroatoms. The van der Waals surface area contributed by atoms with Gasteiger partial charge in [-0.05, 0) is 42.7 Å². The monoisotopic (exact) mass is 374 g/mol. The standard InChI is InChI=1S/C19H16F2N2O4/c20-12-2-3-14(13(21)8-12)23-18(25)19(5-6-19)17(24)22-9-11-1-4-15-16(7-11)27-10-26-15/h1-4,7-8H,5-6,9-10H2,(H,22,24)(H,23,25). The number of anilines is 1. The Morgan fingerprint density at radius 3 is 2.52 bits per heavy atom. The molecule has 1 saturated carbocycles. The van der Waals surface area contributed by atoms with Crippen molar-refractivity contribution in [1.82, 2.24) is 5.32 Å². The number of nitrogens with one attached hydrogen (secondary N) is 2. The first kappa shape index (κ1) is 17.3. The van der Waals surface area contributed by atoms with E-state index in [-0.39, 0.29) is 19.0 Å². The molecule has 0 spiro atoms. The molecule has 2 aromatic rings. The predicted molar refractivity (Wildman–Crippen MR) is 91.1 cm³/mol. The minimum Gasteiger partial charge on any atom is -0.454 e. The number of carbonyl (C=O) groups excluding carboxylic acids is 2. The Labute approximate surface area is 153 Å². The Morgan fingerprint density at radius 1 is 1.00 bits per heavy atom. The Kier molecular flexibility index (Phi) is 4.18. The van der Waals surface area contributed by atoms with Crippen molar-refractivity contribution in [2.75, 3.05) is 12.1 Å². The Bertz CT molecular complexity index is 928. The summed E-state index contributed by atoms with van der Waals surface area (Å²) in [7, 11) is 0. The fraction of sp³-hybridized carbons (Fsp3) is 0.263. The SMILES string of the molecule is O=C(NCc1ccc2c(c1)OCO2)C1(C(=O)Nc2ccc(F)cc2F)CC1. The molecular formula is C19H16F2N2O4. The summed E-state index contributed by atoms with van der Waals surface area (Å²) in [4.78, 5) is 25.0. The molecule has 1 aliphatic carbocycles. The van der Waals surface area contributed by atoms with E-state index >= 15 is 0 Å². The molecular weight excluding hydrogens is 358 g/mol. The van der Waals surface area contributed by atoms with E-state index < -0.39 is 28.9 Å². The lowest BCUT2D eigenvalue weighted by Crippen LogP contribution is -2.39. The molecule has 0 atom stereocenters. The average Bonchev–Trinajstić information content (AvgIpc) is 3.34. The molecule has 2 aliphatic rings. The molecule has 4 rings (SSSR count). The quantitative estimate of drug-likeness (QED) is 0.789. The zero-order valence-corrected chi connectivity index (χ0v) is 14.2. The summed E-state index contributed by atoms with van der Waals surface area (Å²) in [5, 5.41) is 5.11. The van der Waals surface area contributed by atoms with Crippen LogP contribution in [0.4, 0.5) is 14.5 Å². The van der Waals surface area contributed by atoms with Gasteiger partial charge in [0.15, 0.2) is 11.5 Å². The zero-order chi connectivity index (χ0) is 19.0. The van der Waals surface area contributed by atoms with Gasteiger partial charge < -0.3 is 20.1 Å². The Morgan fingerprint density at radius 2 is 1.78 bits per heavy atom. The van der Waals surface area contributed by atoms with Crippen LogP contribution in [0.1, 0.15) is 18.4 Å². The highest BCUT2D eigenvalue weighted by molar-refractivity contribution is 6.13. The van der Waals surface area contributed by atoms with E-state index in [9.17, 15) is 18.4 Å². The van der Waals surface area contributed by atoms with Gasteiger partial charge in [-0.3, -0.25) is 9.59 Å². The third-order valence-electron chi connectivity index (χ3n) is 4.69. The number of benzene rings is 2. The molecule has 0 radical (unpaired) electrons. The molecule has 140 valence electrons. The van der Waals surface area contributed by atoms with E-state index in [1.807, 2.05) is 0 Å². The maximum absolute atomic E-state index is 13.7. The minimum atomic E-state index is -1.23. The number of halogens is 2. The van der Waals surface area contributed by atoms with Crippen molar-refractivity contribution in [3.8, 4) is 11.5 Å². The second-order valence-corrected chi connectivity index (χ2v) is 6.53. The van der Waals surface area contributed by atoms with Crippen LogP contribution < -0.4 is 20.1 Å². The van der Waals surface area contributed by atoms with Crippen LogP contribution in [0.2, 0.25) is 0 Å².